The van der Waals surface area contributed by atoms with Crippen LogP contribution in [0.4, 0.5) is 4.39 Å². The molecule has 1 aromatic heterocycles. The molecule has 2 aromatic rings. The van der Waals surface area contributed by atoms with Crippen molar-refractivity contribution in [1.82, 2.24) is 9.97 Å². The normalized spacial score (nSPS) is 14.9. The minimum atomic E-state index is -0.306. The molecule has 1 aliphatic heterocycles. The second kappa shape index (κ2) is 9.36. The van der Waals surface area contributed by atoms with E-state index in [1.807, 2.05) is 12.2 Å². The standard InChI is InChI=1S/C21H20FN5O/c1-28-20-9-4-7-16(14-27-20)19(12-18(23)21-24-10-5-11-25-21)26-13-15-6-2-3-8-17(15)22/h2-8,10-12,14H,9,13,23H2,1H3. The van der Waals surface area contributed by atoms with Gasteiger partial charge in [0.2, 0.25) is 0 Å². The van der Waals surface area contributed by atoms with Crippen molar-refractivity contribution in [2.75, 3.05) is 7.11 Å². The molecule has 6 nitrogen and oxygen atoms in total. The Morgan fingerprint density at radius 2 is 2.04 bits per heavy atom. The summed E-state index contributed by atoms with van der Waals surface area (Å²) < 4.78 is 19.2. The zero-order chi connectivity index (χ0) is 19.8. The van der Waals surface area contributed by atoms with Gasteiger partial charge in [-0.1, -0.05) is 30.4 Å². The number of aromatic nitrogens is 2. The molecule has 0 radical (unpaired) electrons. The van der Waals surface area contributed by atoms with Gasteiger partial charge in [-0.2, -0.15) is 0 Å². The van der Waals surface area contributed by atoms with Gasteiger partial charge in [-0.3, -0.25) is 4.99 Å². The van der Waals surface area contributed by atoms with Crippen LogP contribution in [0.25, 0.3) is 5.70 Å². The van der Waals surface area contributed by atoms with Gasteiger partial charge in [0.15, 0.2) is 11.7 Å². The number of allylic oxidation sites excluding steroid dienone is 3. The van der Waals surface area contributed by atoms with Gasteiger partial charge in [0, 0.05) is 36.2 Å². The Bertz CT molecular complexity index is 977. The second-order valence-corrected chi connectivity index (χ2v) is 5.88. The maximum Gasteiger partial charge on any atom is 0.191 e. The number of nitrogens with two attached hydrogens (primary N) is 1. The lowest BCUT2D eigenvalue weighted by Gasteiger charge is -2.06. The monoisotopic (exact) mass is 377 g/mol. The van der Waals surface area contributed by atoms with Crippen LogP contribution >= 0.6 is 0 Å². The third-order valence-electron chi connectivity index (χ3n) is 3.96. The molecule has 2 heterocycles. The van der Waals surface area contributed by atoms with Gasteiger partial charge in [0.1, 0.15) is 5.82 Å². The summed E-state index contributed by atoms with van der Waals surface area (Å²) in [4.78, 5) is 17.2. The van der Waals surface area contributed by atoms with Gasteiger partial charge >= 0.3 is 0 Å². The number of nitrogens with zero attached hydrogens (tertiary/aromatic N) is 4. The SMILES string of the molecule is COC1=NC=C(C(C=C(N)c2ncccn2)=NCc2ccccc2F)C=CC1. The highest BCUT2D eigenvalue weighted by molar-refractivity contribution is 6.13. The molecule has 1 aliphatic rings. The zero-order valence-electron chi connectivity index (χ0n) is 15.4. The molecule has 0 bridgehead atoms. The topological polar surface area (TPSA) is 85.8 Å². The Hall–Kier alpha value is -3.61. The number of ether oxygens (including phenoxy) is 1. The number of hydrogen-bond acceptors (Lipinski definition) is 6. The molecule has 142 valence electrons. The number of halogens is 1. The number of benzene rings is 1. The van der Waals surface area contributed by atoms with E-state index in [0.717, 1.165) is 5.57 Å². The van der Waals surface area contributed by atoms with Crippen molar-refractivity contribution in [1.29, 1.82) is 0 Å². The third-order valence-corrected chi connectivity index (χ3v) is 3.96. The minimum absolute atomic E-state index is 0.160. The first-order chi connectivity index (χ1) is 13.7. The summed E-state index contributed by atoms with van der Waals surface area (Å²) in [5.41, 5.74) is 8.27. The van der Waals surface area contributed by atoms with Crippen molar-refractivity contribution in [2.24, 2.45) is 15.7 Å². The summed E-state index contributed by atoms with van der Waals surface area (Å²) in [6.07, 6.45) is 10.9. The van der Waals surface area contributed by atoms with Crippen LogP contribution in [0.2, 0.25) is 0 Å². The molecule has 0 atom stereocenters. The molecule has 2 N–H and O–H groups in total. The summed E-state index contributed by atoms with van der Waals surface area (Å²) in [6.45, 7) is 0.160. The van der Waals surface area contributed by atoms with E-state index in [1.54, 1.807) is 56.0 Å². The average molecular weight is 377 g/mol. The number of hydrogen-bond donors (Lipinski definition) is 1. The molecule has 0 amide bonds. The summed E-state index contributed by atoms with van der Waals surface area (Å²) in [5.74, 6) is 0.669. The molecule has 3 rings (SSSR count). The Kier molecular flexibility index (Phi) is 6.41. The van der Waals surface area contributed by atoms with Crippen molar-refractivity contribution in [3.8, 4) is 0 Å². The van der Waals surface area contributed by atoms with E-state index < -0.39 is 0 Å². The maximum absolute atomic E-state index is 14.0. The van der Waals surface area contributed by atoms with Crippen molar-refractivity contribution in [3.63, 3.8) is 0 Å². The van der Waals surface area contributed by atoms with E-state index >= 15 is 0 Å². The van der Waals surface area contributed by atoms with E-state index in [4.69, 9.17) is 10.5 Å². The molecule has 0 saturated heterocycles. The Balaban J connectivity index is 1.99. The number of methoxy groups -OCH3 is 1. The fourth-order valence-corrected chi connectivity index (χ4v) is 2.49. The lowest BCUT2D eigenvalue weighted by molar-refractivity contribution is 0.395. The molecule has 0 fully saturated rings. The molecular weight excluding hydrogens is 357 g/mol. The predicted octanol–water partition coefficient (Wildman–Crippen LogP) is 3.45. The highest BCUT2D eigenvalue weighted by Gasteiger charge is 2.09. The van der Waals surface area contributed by atoms with Crippen LogP contribution in [0.5, 0.6) is 0 Å². The van der Waals surface area contributed by atoms with Gasteiger partial charge in [-0.05, 0) is 18.2 Å². The number of rotatable bonds is 5. The van der Waals surface area contributed by atoms with Crippen molar-refractivity contribution < 1.29 is 9.13 Å². The van der Waals surface area contributed by atoms with Crippen molar-refractivity contribution in [2.45, 2.75) is 13.0 Å². The summed E-state index contributed by atoms with van der Waals surface area (Å²) in [7, 11) is 1.57. The first-order valence-corrected chi connectivity index (χ1v) is 8.67. The maximum atomic E-state index is 14.0. The highest BCUT2D eigenvalue weighted by Crippen LogP contribution is 2.14. The minimum Gasteiger partial charge on any atom is -0.484 e. The van der Waals surface area contributed by atoms with Crippen LogP contribution in [0, 0.1) is 5.82 Å². The third kappa shape index (κ3) is 4.97. The molecule has 28 heavy (non-hydrogen) atoms. The first-order valence-electron chi connectivity index (χ1n) is 8.67. The van der Waals surface area contributed by atoms with E-state index in [9.17, 15) is 4.39 Å². The van der Waals surface area contributed by atoms with Crippen LogP contribution in [0.3, 0.4) is 0 Å². The molecule has 0 saturated carbocycles. The van der Waals surface area contributed by atoms with Crippen LogP contribution < -0.4 is 5.73 Å². The molecule has 0 unspecified atom stereocenters. The number of aliphatic imine (C=N–C) groups is 2. The van der Waals surface area contributed by atoms with Crippen LogP contribution in [-0.2, 0) is 11.3 Å². The second-order valence-electron chi connectivity index (χ2n) is 5.88. The largest absolute Gasteiger partial charge is 0.484 e. The lowest BCUT2D eigenvalue weighted by atomic mass is 10.1. The fraction of sp³-hybridized carbons (Fsp3) is 0.143. The Labute approximate surface area is 162 Å². The van der Waals surface area contributed by atoms with Crippen molar-refractivity contribution >= 4 is 17.3 Å². The van der Waals surface area contributed by atoms with E-state index in [1.165, 1.54) is 6.07 Å². The van der Waals surface area contributed by atoms with Crippen LogP contribution in [-0.4, -0.2) is 28.7 Å². The zero-order valence-corrected chi connectivity index (χ0v) is 15.4. The van der Waals surface area contributed by atoms with Gasteiger partial charge in [-0.15, -0.1) is 0 Å². The van der Waals surface area contributed by atoms with Gasteiger partial charge < -0.3 is 10.5 Å². The Morgan fingerprint density at radius 1 is 1.25 bits per heavy atom. The predicted molar refractivity (Wildman–Crippen MR) is 108 cm³/mol. The summed E-state index contributed by atoms with van der Waals surface area (Å²) >= 11 is 0. The summed E-state index contributed by atoms with van der Waals surface area (Å²) in [6, 6.07) is 8.23. The quantitative estimate of drug-likeness (QED) is 0.809. The fourth-order valence-electron chi connectivity index (χ4n) is 2.49. The van der Waals surface area contributed by atoms with Crippen LogP contribution in [0.1, 0.15) is 17.8 Å². The van der Waals surface area contributed by atoms with Gasteiger partial charge in [-0.25, -0.2) is 19.4 Å². The van der Waals surface area contributed by atoms with Gasteiger partial charge in [0.05, 0.1) is 25.1 Å². The molecule has 0 spiro atoms. The van der Waals surface area contributed by atoms with Gasteiger partial charge in [0.25, 0.3) is 0 Å². The Morgan fingerprint density at radius 3 is 2.79 bits per heavy atom. The van der Waals surface area contributed by atoms with E-state index in [-0.39, 0.29) is 12.4 Å². The van der Waals surface area contributed by atoms with E-state index in [2.05, 4.69) is 20.0 Å². The van der Waals surface area contributed by atoms with Crippen LogP contribution in [0.15, 0.2) is 82.7 Å². The van der Waals surface area contributed by atoms with E-state index in [0.29, 0.717) is 35.1 Å². The summed E-state index contributed by atoms with van der Waals surface area (Å²) in [5, 5.41) is 0. The van der Waals surface area contributed by atoms with Crippen molar-refractivity contribution in [3.05, 3.63) is 89.9 Å². The first kappa shape index (κ1) is 19.2. The highest BCUT2D eigenvalue weighted by atomic mass is 19.1. The molecule has 1 aromatic carbocycles. The average Bonchev–Trinajstić information content (AvgIpc) is 2.98. The molecular formula is C21H20FN5O. The molecule has 7 heteroatoms. The molecule has 0 aliphatic carbocycles. The smallest absolute Gasteiger partial charge is 0.191 e. The lowest BCUT2D eigenvalue weighted by Crippen LogP contribution is -2.07.